The molecule has 1 aromatic heterocycles. The minimum Gasteiger partial charge on any atom is -0.494 e. The third-order valence-corrected chi connectivity index (χ3v) is 4.83. The molecular formula is C24H27N3O4. The number of aromatic amines is 1. The van der Waals surface area contributed by atoms with Crippen molar-refractivity contribution in [2.75, 3.05) is 6.61 Å². The number of benzene rings is 2. The zero-order valence-corrected chi connectivity index (χ0v) is 17.5. The third kappa shape index (κ3) is 6.20. The van der Waals surface area contributed by atoms with Crippen LogP contribution in [0.15, 0.2) is 60.3 Å². The van der Waals surface area contributed by atoms with Gasteiger partial charge in [0, 0.05) is 16.8 Å². The van der Waals surface area contributed by atoms with Gasteiger partial charge >= 0.3 is 0 Å². The van der Waals surface area contributed by atoms with Crippen molar-refractivity contribution in [2.45, 2.75) is 32.6 Å². The second-order valence-corrected chi connectivity index (χ2v) is 7.20. The van der Waals surface area contributed by atoms with E-state index in [1.165, 1.54) is 18.9 Å². The summed E-state index contributed by atoms with van der Waals surface area (Å²) in [4.78, 5) is 27.8. The Morgan fingerprint density at radius 1 is 1.06 bits per heavy atom. The summed E-state index contributed by atoms with van der Waals surface area (Å²) >= 11 is 0. The number of hydroxylamine groups is 1. The lowest BCUT2D eigenvalue weighted by molar-refractivity contribution is -0.125. The molecule has 0 radical (unpaired) electrons. The number of H-pyrrole nitrogens is 1. The Balaban J connectivity index is 1.67. The van der Waals surface area contributed by atoms with Crippen molar-refractivity contribution >= 4 is 28.8 Å². The van der Waals surface area contributed by atoms with Gasteiger partial charge in [-0.3, -0.25) is 14.8 Å². The number of hydrogen-bond acceptors (Lipinski definition) is 4. The standard InChI is InChI=1S/C24H27N3O4/c1-2-3-4-7-14-31-20-12-10-17(11-13-20)23(28)26-22(24(29)27-30)16-19-15-18-8-5-6-9-21(18)25-19/h5-6,8-13,15-16,25,30H,2-4,7,14H2,1H3,(H,26,28)(H,27,29)/b22-16+. The summed E-state index contributed by atoms with van der Waals surface area (Å²) < 4.78 is 5.69. The van der Waals surface area contributed by atoms with E-state index >= 15 is 0 Å². The van der Waals surface area contributed by atoms with Gasteiger partial charge in [0.1, 0.15) is 11.4 Å². The number of nitrogens with one attached hydrogen (secondary N) is 3. The molecule has 2 amide bonds. The molecule has 0 saturated heterocycles. The zero-order chi connectivity index (χ0) is 22.1. The van der Waals surface area contributed by atoms with Crippen LogP contribution in [0.4, 0.5) is 0 Å². The molecule has 0 aliphatic heterocycles. The maximum atomic E-state index is 12.6. The molecule has 7 heteroatoms. The van der Waals surface area contributed by atoms with Crippen molar-refractivity contribution in [1.29, 1.82) is 0 Å². The molecule has 0 aliphatic carbocycles. The van der Waals surface area contributed by atoms with Gasteiger partial charge in [0.15, 0.2) is 0 Å². The molecule has 0 saturated carbocycles. The van der Waals surface area contributed by atoms with Gasteiger partial charge in [-0.2, -0.15) is 0 Å². The van der Waals surface area contributed by atoms with Crippen LogP contribution in [0.3, 0.4) is 0 Å². The second-order valence-electron chi connectivity index (χ2n) is 7.20. The molecule has 31 heavy (non-hydrogen) atoms. The van der Waals surface area contributed by atoms with E-state index in [9.17, 15) is 9.59 Å². The number of aromatic nitrogens is 1. The number of unbranched alkanes of at least 4 members (excludes halogenated alkanes) is 3. The fourth-order valence-corrected chi connectivity index (χ4v) is 3.16. The van der Waals surface area contributed by atoms with Crippen LogP contribution >= 0.6 is 0 Å². The highest BCUT2D eigenvalue weighted by Crippen LogP contribution is 2.17. The van der Waals surface area contributed by atoms with Crippen LogP contribution in [0.25, 0.3) is 17.0 Å². The topological polar surface area (TPSA) is 103 Å². The maximum Gasteiger partial charge on any atom is 0.291 e. The van der Waals surface area contributed by atoms with E-state index in [0.29, 0.717) is 23.6 Å². The molecule has 2 aromatic carbocycles. The summed E-state index contributed by atoms with van der Waals surface area (Å²) in [5.41, 5.74) is 3.36. The summed E-state index contributed by atoms with van der Waals surface area (Å²) in [5, 5.41) is 12.6. The summed E-state index contributed by atoms with van der Waals surface area (Å²) in [5.74, 6) is -0.602. The lowest BCUT2D eigenvalue weighted by Gasteiger charge is -2.09. The minimum atomic E-state index is -0.820. The molecule has 0 spiro atoms. The van der Waals surface area contributed by atoms with Crippen molar-refractivity contribution in [3.63, 3.8) is 0 Å². The van der Waals surface area contributed by atoms with Crippen molar-refractivity contribution in [2.24, 2.45) is 0 Å². The second kappa shape index (κ2) is 11.0. The Morgan fingerprint density at radius 2 is 1.84 bits per heavy atom. The molecule has 1 heterocycles. The third-order valence-electron chi connectivity index (χ3n) is 4.83. The van der Waals surface area contributed by atoms with E-state index in [2.05, 4.69) is 17.2 Å². The largest absolute Gasteiger partial charge is 0.494 e. The fourth-order valence-electron chi connectivity index (χ4n) is 3.16. The van der Waals surface area contributed by atoms with E-state index in [1.54, 1.807) is 29.7 Å². The SMILES string of the molecule is CCCCCCOc1ccc(C(=O)N/C(=C/c2cc3ccccc3[nH]2)C(=O)NO)cc1. The number of carbonyl (C=O) groups excluding carboxylic acids is 2. The average Bonchev–Trinajstić information content (AvgIpc) is 3.20. The van der Waals surface area contributed by atoms with Crippen molar-refractivity contribution < 1.29 is 19.5 Å². The molecule has 0 unspecified atom stereocenters. The molecule has 3 rings (SSSR count). The van der Waals surface area contributed by atoms with E-state index < -0.39 is 11.8 Å². The highest BCUT2D eigenvalue weighted by molar-refractivity contribution is 6.05. The maximum absolute atomic E-state index is 12.6. The van der Waals surface area contributed by atoms with Gasteiger partial charge in [-0.1, -0.05) is 44.4 Å². The highest BCUT2D eigenvalue weighted by Gasteiger charge is 2.15. The Morgan fingerprint density at radius 3 is 2.55 bits per heavy atom. The molecule has 0 bridgehead atoms. The van der Waals surface area contributed by atoms with Crippen molar-refractivity contribution in [3.8, 4) is 5.75 Å². The summed E-state index contributed by atoms with van der Waals surface area (Å²) in [6.07, 6.45) is 5.97. The van der Waals surface area contributed by atoms with Crippen LogP contribution in [0.1, 0.15) is 48.7 Å². The first-order valence-electron chi connectivity index (χ1n) is 10.4. The van der Waals surface area contributed by atoms with E-state index in [1.807, 2.05) is 30.3 Å². The first-order valence-corrected chi connectivity index (χ1v) is 10.4. The van der Waals surface area contributed by atoms with Crippen LogP contribution in [-0.2, 0) is 4.79 Å². The number of carbonyl (C=O) groups is 2. The molecule has 3 aromatic rings. The molecular weight excluding hydrogens is 394 g/mol. The first kappa shape index (κ1) is 22.1. The predicted octanol–water partition coefficient (Wildman–Crippen LogP) is 4.40. The van der Waals surface area contributed by atoms with Gasteiger partial charge in [-0.25, -0.2) is 5.48 Å². The number of para-hydroxylation sites is 1. The van der Waals surface area contributed by atoms with E-state index in [-0.39, 0.29) is 5.70 Å². The Labute approximate surface area is 181 Å². The van der Waals surface area contributed by atoms with Gasteiger partial charge in [-0.05, 0) is 54.3 Å². The van der Waals surface area contributed by atoms with E-state index in [4.69, 9.17) is 9.94 Å². The fraction of sp³-hybridized carbons (Fsp3) is 0.250. The van der Waals surface area contributed by atoms with Gasteiger partial charge in [-0.15, -0.1) is 0 Å². The molecule has 162 valence electrons. The smallest absolute Gasteiger partial charge is 0.291 e. The van der Waals surface area contributed by atoms with Crippen LogP contribution < -0.4 is 15.5 Å². The van der Waals surface area contributed by atoms with Gasteiger partial charge in [0.2, 0.25) is 0 Å². The quantitative estimate of drug-likeness (QED) is 0.169. The highest BCUT2D eigenvalue weighted by atomic mass is 16.5. The van der Waals surface area contributed by atoms with Gasteiger partial charge in [0.25, 0.3) is 11.8 Å². The predicted molar refractivity (Wildman–Crippen MR) is 120 cm³/mol. The number of rotatable bonds is 10. The van der Waals surface area contributed by atoms with Crippen LogP contribution in [0.2, 0.25) is 0 Å². The van der Waals surface area contributed by atoms with E-state index in [0.717, 1.165) is 23.7 Å². The minimum absolute atomic E-state index is 0.0877. The van der Waals surface area contributed by atoms with Crippen LogP contribution in [-0.4, -0.2) is 28.6 Å². The number of ether oxygens (including phenoxy) is 1. The van der Waals surface area contributed by atoms with Gasteiger partial charge < -0.3 is 15.0 Å². The molecule has 4 N–H and O–H groups in total. The molecule has 0 atom stereocenters. The van der Waals surface area contributed by atoms with Crippen molar-refractivity contribution in [3.05, 3.63) is 71.6 Å². The Hall–Kier alpha value is -3.58. The molecule has 0 fully saturated rings. The summed E-state index contributed by atoms with van der Waals surface area (Å²) in [6, 6.07) is 16.2. The lowest BCUT2D eigenvalue weighted by atomic mass is 10.2. The molecule has 7 nitrogen and oxygen atoms in total. The Bertz CT molecular complexity index is 1020. The average molecular weight is 421 g/mol. The van der Waals surface area contributed by atoms with Crippen molar-refractivity contribution in [1.82, 2.24) is 15.8 Å². The zero-order valence-electron chi connectivity index (χ0n) is 17.5. The molecule has 0 aliphatic rings. The number of fused-ring (bicyclic) bond motifs is 1. The number of amides is 2. The monoisotopic (exact) mass is 421 g/mol. The normalized spacial score (nSPS) is 11.4. The lowest BCUT2D eigenvalue weighted by Crippen LogP contribution is -2.33. The van der Waals surface area contributed by atoms with Crippen LogP contribution in [0, 0.1) is 0 Å². The number of hydrogen-bond donors (Lipinski definition) is 4. The Kier molecular flexibility index (Phi) is 7.84. The van der Waals surface area contributed by atoms with Gasteiger partial charge in [0.05, 0.1) is 6.61 Å². The first-order chi connectivity index (χ1) is 15.1. The van der Waals surface area contributed by atoms with Crippen LogP contribution in [0.5, 0.6) is 5.75 Å². The summed E-state index contributed by atoms with van der Waals surface area (Å²) in [6.45, 7) is 2.80. The summed E-state index contributed by atoms with van der Waals surface area (Å²) in [7, 11) is 0.